The summed E-state index contributed by atoms with van der Waals surface area (Å²) in [6, 6.07) is 10.8. The third kappa shape index (κ3) is 3.47. The molecule has 0 unspecified atom stereocenters. The summed E-state index contributed by atoms with van der Waals surface area (Å²) in [5.41, 5.74) is 10.9. The van der Waals surface area contributed by atoms with E-state index in [9.17, 15) is 4.39 Å². The highest BCUT2D eigenvalue weighted by atomic mass is 19.1. The number of hydrogen-bond donors (Lipinski definition) is 2. The van der Waals surface area contributed by atoms with Crippen LogP contribution in [0.1, 0.15) is 16.7 Å². The van der Waals surface area contributed by atoms with Gasteiger partial charge in [-0.25, -0.2) is 4.39 Å². The monoisotopic (exact) mass is 258 g/mol. The SMILES string of the molecule is Cc1cc(F)ccc1CCNc1ccc(N)cc1C. The van der Waals surface area contributed by atoms with Gasteiger partial charge >= 0.3 is 0 Å². The molecule has 0 aliphatic carbocycles. The van der Waals surface area contributed by atoms with Crippen molar-refractivity contribution in [3.63, 3.8) is 0 Å². The van der Waals surface area contributed by atoms with Gasteiger partial charge in [-0.3, -0.25) is 0 Å². The first-order valence-electron chi connectivity index (χ1n) is 6.41. The maximum Gasteiger partial charge on any atom is 0.123 e. The number of nitrogens with two attached hydrogens (primary N) is 1. The van der Waals surface area contributed by atoms with Gasteiger partial charge in [-0.2, -0.15) is 0 Å². The van der Waals surface area contributed by atoms with Crippen molar-refractivity contribution < 1.29 is 4.39 Å². The molecule has 0 amide bonds. The van der Waals surface area contributed by atoms with Crippen molar-refractivity contribution in [2.24, 2.45) is 0 Å². The molecule has 3 heteroatoms. The van der Waals surface area contributed by atoms with Crippen LogP contribution >= 0.6 is 0 Å². The van der Waals surface area contributed by atoms with Crippen LogP contribution in [0.2, 0.25) is 0 Å². The first kappa shape index (κ1) is 13.4. The predicted octanol–water partition coefficient (Wildman–Crippen LogP) is 3.68. The van der Waals surface area contributed by atoms with Gasteiger partial charge in [-0.1, -0.05) is 6.07 Å². The number of halogens is 1. The van der Waals surface area contributed by atoms with Crippen LogP contribution in [0.4, 0.5) is 15.8 Å². The van der Waals surface area contributed by atoms with Gasteiger partial charge in [-0.15, -0.1) is 0 Å². The van der Waals surface area contributed by atoms with Crippen LogP contribution in [-0.4, -0.2) is 6.54 Å². The lowest BCUT2D eigenvalue weighted by Crippen LogP contribution is -2.07. The number of anilines is 2. The van der Waals surface area contributed by atoms with E-state index in [0.29, 0.717) is 0 Å². The van der Waals surface area contributed by atoms with E-state index in [0.717, 1.165) is 35.5 Å². The Morgan fingerprint density at radius 1 is 1.05 bits per heavy atom. The number of hydrogen-bond acceptors (Lipinski definition) is 2. The lowest BCUT2D eigenvalue weighted by molar-refractivity contribution is 0.625. The Hall–Kier alpha value is -2.03. The summed E-state index contributed by atoms with van der Waals surface area (Å²) in [6.45, 7) is 4.78. The minimum Gasteiger partial charge on any atom is -0.399 e. The Bertz CT molecular complexity index is 527. The summed E-state index contributed by atoms with van der Waals surface area (Å²) in [6.07, 6.45) is 0.871. The van der Waals surface area contributed by atoms with Crippen LogP contribution in [-0.2, 0) is 6.42 Å². The number of nitrogen functional groups attached to an aromatic ring is 1. The van der Waals surface area contributed by atoms with Gasteiger partial charge in [-0.05, 0) is 67.3 Å². The Morgan fingerprint density at radius 3 is 2.53 bits per heavy atom. The van der Waals surface area contributed by atoms with E-state index in [4.69, 9.17) is 5.73 Å². The van der Waals surface area contributed by atoms with Gasteiger partial charge in [0.1, 0.15) is 5.82 Å². The summed E-state index contributed by atoms with van der Waals surface area (Å²) in [7, 11) is 0. The highest BCUT2D eigenvalue weighted by Gasteiger charge is 2.01. The van der Waals surface area contributed by atoms with Crippen LogP contribution in [0, 0.1) is 19.7 Å². The lowest BCUT2D eigenvalue weighted by Gasteiger charge is -2.11. The van der Waals surface area contributed by atoms with Crippen LogP contribution in [0.3, 0.4) is 0 Å². The van der Waals surface area contributed by atoms with Gasteiger partial charge < -0.3 is 11.1 Å². The fraction of sp³-hybridized carbons (Fsp3) is 0.250. The van der Waals surface area contributed by atoms with E-state index in [2.05, 4.69) is 5.32 Å². The molecule has 19 heavy (non-hydrogen) atoms. The minimum atomic E-state index is -0.177. The molecule has 100 valence electrons. The third-order valence-electron chi connectivity index (χ3n) is 3.26. The summed E-state index contributed by atoms with van der Waals surface area (Å²) >= 11 is 0. The van der Waals surface area contributed by atoms with Gasteiger partial charge in [0.25, 0.3) is 0 Å². The quantitative estimate of drug-likeness (QED) is 0.821. The van der Waals surface area contributed by atoms with E-state index >= 15 is 0 Å². The second-order valence-corrected chi connectivity index (χ2v) is 4.82. The molecule has 2 rings (SSSR count). The van der Waals surface area contributed by atoms with Crippen LogP contribution in [0.25, 0.3) is 0 Å². The van der Waals surface area contributed by atoms with E-state index in [1.165, 1.54) is 11.6 Å². The third-order valence-corrected chi connectivity index (χ3v) is 3.26. The van der Waals surface area contributed by atoms with Crippen LogP contribution < -0.4 is 11.1 Å². The average Bonchev–Trinajstić information content (AvgIpc) is 2.34. The van der Waals surface area contributed by atoms with Crippen LogP contribution in [0.5, 0.6) is 0 Å². The van der Waals surface area contributed by atoms with Crippen LogP contribution in [0.15, 0.2) is 36.4 Å². The molecule has 2 aromatic rings. The van der Waals surface area contributed by atoms with Crippen molar-refractivity contribution in [2.45, 2.75) is 20.3 Å². The zero-order valence-corrected chi connectivity index (χ0v) is 11.3. The maximum atomic E-state index is 13.0. The molecule has 0 heterocycles. The smallest absolute Gasteiger partial charge is 0.123 e. The fourth-order valence-corrected chi connectivity index (χ4v) is 2.16. The number of nitrogens with one attached hydrogen (secondary N) is 1. The Balaban J connectivity index is 1.96. The molecule has 0 saturated heterocycles. The molecule has 0 saturated carbocycles. The average molecular weight is 258 g/mol. The number of aryl methyl sites for hydroxylation is 2. The van der Waals surface area contributed by atoms with Crippen molar-refractivity contribution in [2.75, 3.05) is 17.6 Å². The standard InChI is InChI=1S/C16H19FN2/c1-11-9-14(17)4-3-13(11)7-8-19-16-6-5-15(18)10-12(16)2/h3-6,9-10,19H,7-8,18H2,1-2H3. The molecule has 0 bridgehead atoms. The maximum absolute atomic E-state index is 13.0. The van der Waals surface area contributed by atoms with Gasteiger partial charge in [0.15, 0.2) is 0 Å². The largest absolute Gasteiger partial charge is 0.399 e. The Morgan fingerprint density at radius 2 is 1.84 bits per heavy atom. The summed E-state index contributed by atoms with van der Waals surface area (Å²) in [5, 5.41) is 3.38. The Kier molecular flexibility index (Phi) is 4.05. The molecule has 0 aromatic heterocycles. The van der Waals surface area contributed by atoms with Gasteiger partial charge in [0, 0.05) is 17.9 Å². The molecule has 0 aliphatic rings. The zero-order valence-electron chi connectivity index (χ0n) is 11.3. The molecule has 0 radical (unpaired) electrons. The van der Waals surface area contributed by atoms with Gasteiger partial charge in [0.2, 0.25) is 0 Å². The zero-order chi connectivity index (χ0) is 13.8. The van der Waals surface area contributed by atoms with Crippen molar-refractivity contribution in [1.29, 1.82) is 0 Å². The molecular weight excluding hydrogens is 239 g/mol. The fourth-order valence-electron chi connectivity index (χ4n) is 2.16. The lowest BCUT2D eigenvalue weighted by atomic mass is 10.1. The van der Waals surface area contributed by atoms with Crippen molar-refractivity contribution >= 4 is 11.4 Å². The molecule has 2 aromatic carbocycles. The summed E-state index contributed by atoms with van der Waals surface area (Å²) in [5.74, 6) is -0.177. The molecule has 0 fully saturated rings. The van der Waals surface area contributed by atoms with E-state index in [-0.39, 0.29) is 5.82 Å². The highest BCUT2D eigenvalue weighted by Crippen LogP contribution is 2.18. The minimum absolute atomic E-state index is 0.177. The second kappa shape index (κ2) is 5.74. The first-order valence-corrected chi connectivity index (χ1v) is 6.41. The van der Waals surface area contributed by atoms with E-state index in [1.807, 2.05) is 38.1 Å². The number of benzene rings is 2. The van der Waals surface area contributed by atoms with E-state index in [1.54, 1.807) is 6.07 Å². The first-order chi connectivity index (χ1) is 9.06. The molecule has 2 nitrogen and oxygen atoms in total. The molecule has 0 aliphatic heterocycles. The second-order valence-electron chi connectivity index (χ2n) is 4.82. The summed E-state index contributed by atoms with van der Waals surface area (Å²) < 4.78 is 13.0. The number of rotatable bonds is 4. The normalized spacial score (nSPS) is 10.5. The topological polar surface area (TPSA) is 38.0 Å². The molecular formula is C16H19FN2. The molecule has 0 spiro atoms. The summed E-state index contributed by atoms with van der Waals surface area (Å²) in [4.78, 5) is 0. The highest BCUT2D eigenvalue weighted by molar-refractivity contribution is 5.57. The van der Waals surface area contributed by atoms with Crippen molar-refractivity contribution in [1.82, 2.24) is 0 Å². The molecule has 0 atom stereocenters. The van der Waals surface area contributed by atoms with Crippen molar-refractivity contribution in [3.05, 3.63) is 58.9 Å². The van der Waals surface area contributed by atoms with E-state index < -0.39 is 0 Å². The molecule has 3 N–H and O–H groups in total. The van der Waals surface area contributed by atoms with Gasteiger partial charge in [0.05, 0.1) is 0 Å². The van der Waals surface area contributed by atoms with Crippen molar-refractivity contribution in [3.8, 4) is 0 Å². The predicted molar refractivity (Wildman–Crippen MR) is 78.9 cm³/mol. The Labute approximate surface area is 113 Å².